The van der Waals surface area contributed by atoms with Gasteiger partial charge in [0.05, 0.1) is 5.60 Å². The van der Waals surface area contributed by atoms with Gasteiger partial charge in [-0.2, -0.15) is 0 Å². The minimum atomic E-state index is -0.676. The minimum absolute atomic E-state index is 0.676. The Labute approximate surface area is 130 Å². The van der Waals surface area contributed by atoms with Crippen molar-refractivity contribution in [2.45, 2.75) is 18.4 Å². The summed E-state index contributed by atoms with van der Waals surface area (Å²) in [6, 6.07) is 22.3. The second-order valence-corrected chi connectivity index (χ2v) is 5.86. The van der Waals surface area contributed by atoms with Gasteiger partial charge in [-0.05, 0) is 41.3 Å². The van der Waals surface area contributed by atoms with Crippen LogP contribution in [0.25, 0.3) is 10.8 Å². The molecule has 1 saturated carbocycles. The molecule has 1 aliphatic rings. The number of hydrogen-bond donors (Lipinski definition) is 1. The summed E-state index contributed by atoms with van der Waals surface area (Å²) in [5, 5.41) is 12.8. The van der Waals surface area contributed by atoms with Crippen LogP contribution in [0.1, 0.15) is 29.5 Å². The predicted octanol–water partition coefficient (Wildman–Crippen LogP) is 4.22. The van der Waals surface area contributed by atoms with Gasteiger partial charge in [-0.25, -0.2) is 0 Å². The summed E-state index contributed by atoms with van der Waals surface area (Å²) in [4.78, 5) is 0. The lowest BCUT2D eigenvalue weighted by atomic mass is 9.94. The molecule has 0 atom stereocenters. The van der Waals surface area contributed by atoms with E-state index in [1.807, 2.05) is 48.5 Å². The number of benzene rings is 3. The van der Waals surface area contributed by atoms with Gasteiger partial charge in [0.15, 0.2) is 0 Å². The van der Waals surface area contributed by atoms with E-state index in [1.54, 1.807) is 0 Å². The summed E-state index contributed by atoms with van der Waals surface area (Å²) < 4.78 is 0. The van der Waals surface area contributed by atoms with Crippen LogP contribution in [0, 0.1) is 11.8 Å². The van der Waals surface area contributed by atoms with Crippen molar-refractivity contribution in [3.05, 3.63) is 83.4 Å². The average molecular weight is 284 g/mol. The fourth-order valence-corrected chi connectivity index (χ4v) is 2.84. The normalized spacial score (nSPS) is 15.1. The van der Waals surface area contributed by atoms with E-state index in [1.165, 1.54) is 0 Å². The van der Waals surface area contributed by atoms with Crippen LogP contribution in [0.2, 0.25) is 0 Å². The summed E-state index contributed by atoms with van der Waals surface area (Å²) in [6.45, 7) is 0. The molecule has 0 spiro atoms. The van der Waals surface area contributed by atoms with Gasteiger partial charge >= 0.3 is 0 Å². The third kappa shape index (κ3) is 2.28. The molecule has 0 aromatic heterocycles. The van der Waals surface area contributed by atoms with Crippen molar-refractivity contribution in [1.82, 2.24) is 0 Å². The van der Waals surface area contributed by atoms with Crippen molar-refractivity contribution < 1.29 is 5.11 Å². The Kier molecular flexibility index (Phi) is 2.99. The molecule has 1 aliphatic carbocycles. The molecule has 106 valence electrons. The van der Waals surface area contributed by atoms with Crippen LogP contribution in [0.3, 0.4) is 0 Å². The zero-order chi connectivity index (χ0) is 15.0. The highest BCUT2D eigenvalue weighted by Gasteiger charge is 2.43. The van der Waals surface area contributed by atoms with Gasteiger partial charge < -0.3 is 5.11 Å². The molecule has 0 aliphatic heterocycles. The first-order chi connectivity index (χ1) is 10.8. The molecule has 1 nitrogen and oxygen atoms in total. The minimum Gasteiger partial charge on any atom is -0.385 e. The maximum Gasteiger partial charge on any atom is 0.0911 e. The molecule has 0 saturated heterocycles. The molecule has 1 N–H and O–H groups in total. The van der Waals surface area contributed by atoms with E-state index in [0.717, 1.165) is 40.3 Å². The van der Waals surface area contributed by atoms with Crippen molar-refractivity contribution in [1.29, 1.82) is 0 Å². The van der Waals surface area contributed by atoms with Gasteiger partial charge in [-0.3, -0.25) is 0 Å². The molecule has 1 heteroatoms. The Balaban J connectivity index is 1.93. The van der Waals surface area contributed by atoms with Gasteiger partial charge in [0.1, 0.15) is 0 Å². The van der Waals surface area contributed by atoms with Crippen LogP contribution < -0.4 is 0 Å². The Morgan fingerprint density at radius 2 is 1.50 bits per heavy atom. The first-order valence-corrected chi connectivity index (χ1v) is 7.58. The third-order valence-electron chi connectivity index (χ3n) is 4.26. The van der Waals surface area contributed by atoms with E-state index in [-0.39, 0.29) is 0 Å². The molecule has 0 bridgehead atoms. The fraction of sp³-hybridized carbons (Fsp3) is 0.143. The van der Waals surface area contributed by atoms with Crippen molar-refractivity contribution in [2.75, 3.05) is 0 Å². The van der Waals surface area contributed by atoms with Crippen LogP contribution in [-0.2, 0) is 5.60 Å². The molecule has 0 amide bonds. The molecule has 22 heavy (non-hydrogen) atoms. The molecule has 0 radical (unpaired) electrons. The average Bonchev–Trinajstić information content (AvgIpc) is 3.32. The lowest BCUT2D eigenvalue weighted by molar-refractivity contribution is 0.151. The summed E-state index contributed by atoms with van der Waals surface area (Å²) >= 11 is 0. The van der Waals surface area contributed by atoms with Crippen molar-refractivity contribution >= 4 is 10.8 Å². The fourth-order valence-electron chi connectivity index (χ4n) is 2.84. The zero-order valence-corrected chi connectivity index (χ0v) is 12.2. The lowest BCUT2D eigenvalue weighted by Crippen LogP contribution is -2.07. The van der Waals surface area contributed by atoms with Crippen LogP contribution >= 0.6 is 0 Å². The molecule has 4 rings (SSSR count). The van der Waals surface area contributed by atoms with Crippen molar-refractivity contribution in [3.8, 4) is 11.8 Å². The van der Waals surface area contributed by atoms with Crippen LogP contribution in [0.5, 0.6) is 0 Å². The van der Waals surface area contributed by atoms with E-state index in [2.05, 4.69) is 30.0 Å². The summed E-state index contributed by atoms with van der Waals surface area (Å²) in [5.74, 6) is 6.54. The lowest BCUT2D eigenvalue weighted by Gasteiger charge is -2.13. The second kappa shape index (κ2) is 5.02. The molecular weight excluding hydrogens is 268 g/mol. The van der Waals surface area contributed by atoms with Crippen molar-refractivity contribution in [2.24, 2.45) is 0 Å². The Hall–Kier alpha value is -2.56. The van der Waals surface area contributed by atoms with Gasteiger partial charge in [0.25, 0.3) is 0 Å². The Morgan fingerprint density at radius 1 is 0.773 bits per heavy atom. The van der Waals surface area contributed by atoms with Gasteiger partial charge in [0, 0.05) is 11.1 Å². The van der Waals surface area contributed by atoms with E-state index < -0.39 is 5.60 Å². The quantitative estimate of drug-likeness (QED) is 0.663. The smallest absolute Gasteiger partial charge is 0.0911 e. The molecular formula is C21H16O. The number of fused-ring (bicyclic) bond motifs is 1. The van der Waals surface area contributed by atoms with Crippen LogP contribution in [-0.4, -0.2) is 5.11 Å². The molecule has 1 fully saturated rings. The van der Waals surface area contributed by atoms with Gasteiger partial charge in [-0.1, -0.05) is 66.4 Å². The van der Waals surface area contributed by atoms with Gasteiger partial charge in [0.2, 0.25) is 0 Å². The number of rotatable bonds is 1. The summed E-state index contributed by atoms with van der Waals surface area (Å²) in [5.41, 5.74) is 2.24. The Bertz CT molecular complexity index is 893. The van der Waals surface area contributed by atoms with E-state index >= 15 is 0 Å². The van der Waals surface area contributed by atoms with Crippen LogP contribution in [0.15, 0.2) is 66.7 Å². The van der Waals surface area contributed by atoms with Crippen molar-refractivity contribution in [3.63, 3.8) is 0 Å². The molecule has 3 aromatic carbocycles. The highest BCUT2D eigenvalue weighted by atomic mass is 16.3. The SMILES string of the molecule is OC1(c2ccc3ccccc3c2C#Cc2ccccc2)CC1. The summed E-state index contributed by atoms with van der Waals surface area (Å²) in [6.07, 6.45) is 1.65. The van der Waals surface area contributed by atoms with E-state index in [9.17, 15) is 5.11 Å². The van der Waals surface area contributed by atoms with E-state index in [4.69, 9.17) is 0 Å². The zero-order valence-electron chi connectivity index (χ0n) is 12.2. The maximum atomic E-state index is 10.6. The van der Waals surface area contributed by atoms with E-state index in [0.29, 0.717) is 0 Å². The highest BCUT2D eigenvalue weighted by Crippen LogP contribution is 2.47. The monoisotopic (exact) mass is 284 g/mol. The topological polar surface area (TPSA) is 20.2 Å². The van der Waals surface area contributed by atoms with Crippen LogP contribution in [0.4, 0.5) is 0 Å². The third-order valence-corrected chi connectivity index (χ3v) is 4.26. The number of aliphatic hydroxyl groups is 1. The first kappa shape index (κ1) is 13.1. The maximum absolute atomic E-state index is 10.6. The van der Waals surface area contributed by atoms with Gasteiger partial charge in [-0.15, -0.1) is 0 Å². The summed E-state index contributed by atoms with van der Waals surface area (Å²) in [7, 11) is 0. The standard InChI is InChI=1S/C21H16O/c22-21(14-15-21)20-13-11-17-8-4-5-9-18(17)19(20)12-10-16-6-2-1-3-7-16/h1-9,11,13,22H,14-15H2. The molecule has 0 unspecified atom stereocenters. The molecule has 0 heterocycles. The predicted molar refractivity (Wildman–Crippen MR) is 89.5 cm³/mol. The molecule has 3 aromatic rings. The second-order valence-electron chi connectivity index (χ2n) is 5.86. The first-order valence-electron chi connectivity index (χ1n) is 7.58. The highest BCUT2D eigenvalue weighted by molar-refractivity contribution is 5.90. The Morgan fingerprint density at radius 3 is 2.27 bits per heavy atom. The largest absolute Gasteiger partial charge is 0.385 e. The number of hydrogen-bond acceptors (Lipinski definition) is 1.